The van der Waals surface area contributed by atoms with E-state index in [1.165, 1.54) is 72.0 Å². The smallest absolute Gasteiger partial charge is 0.235 e. The monoisotopic (exact) mass is 753 g/mol. The highest BCUT2D eigenvalue weighted by Crippen LogP contribution is 2.57. The zero-order valence-corrected chi connectivity index (χ0v) is 32.9. The number of benzene rings is 8. The van der Waals surface area contributed by atoms with E-state index < -0.39 is 5.41 Å². The second-order valence-corrected chi connectivity index (χ2v) is 16.5. The number of para-hydroxylation sites is 1. The summed E-state index contributed by atoms with van der Waals surface area (Å²) in [6.45, 7) is 4.67. The first kappa shape index (κ1) is 33.7. The number of fused-ring (bicyclic) bond motifs is 9. The first-order valence-corrected chi connectivity index (χ1v) is 20.5. The van der Waals surface area contributed by atoms with E-state index in [9.17, 15) is 0 Å². The van der Waals surface area contributed by atoms with Crippen LogP contribution in [0.4, 0.5) is 0 Å². The third-order valence-corrected chi connectivity index (χ3v) is 13.2. The van der Waals surface area contributed by atoms with Crippen molar-refractivity contribution in [2.24, 2.45) is 0 Å². The molecule has 0 N–H and O–H groups in total. The number of hydrogen-bond acceptors (Lipinski definition) is 2. The van der Waals surface area contributed by atoms with Gasteiger partial charge in [0.05, 0.1) is 22.1 Å². The van der Waals surface area contributed by atoms with Gasteiger partial charge in [-0.3, -0.25) is 4.57 Å². The Morgan fingerprint density at radius 2 is 1.00 bits per heavy atom. The lowest BCUT2D eigenvalue weighted by molar-refractivity contribution is 0.661. The molecule has 3 nitrogen and oxygen atoms in total. The maximum atomic E-state index is 5.27. The fourth-order valence-electron chi connectivity index (χ4n) is 10.5. The molecule has 2 aliphatic rings. The van der Waals surface area contributed by atoms with E-state index in [1.807, 2.05) is 12.3 Å². The summed E-state index contributed by atoms with van der Waals surface area (Å²) in [7, 11) is 0. The van der Waals surface area contributed by atoms with Gasteiger partial charge in [0.1, 0.15) is 0 Å². The van der Waals surface area contributed by atoms with Crippen LogP contribution < -0.4 is 0 Å². The highest BCUT2D eigenvalue weighted by atomic mass is 15.2. The molecule has 0 spiro atoms. The van der Waals surface area contributed by atoms with E-state index in [0.29, 0.717) is 5.95 Å². The molecule has 0 aliphatic heterocycles. The molecule has 2 aliphatic carbocycles. The van der Waals surface area contributed by atoms with Gasteiger partial charge in [-0.15, -0.1) is 0 Å². The maximum absolute atomic E-state index is 5.27. The van der Waals surface area contributed by atoms with Gasteiger partial charge in [0, 0.05) is 27.9 Å². The van der Waals surface area contributed by atoms with Crippen molar-refractivity contribution in [2.75, 3.05) is 0 Å². The summed E-state index contributed by atoms with van der Waals surface area (Å²) in [5, 5.41) is 2.41. The normalized spacial score (nSPS) is 14.2. The molecule has 3 heteroatoms. The second kappa shape index (κ2) is 12.6. The Kier molecular flexibility index (Phi) is 7.19. The third-order valence-electron chi connectivity index (χ3n) is 13.2. The molecule has 0 saturated heterocycles. The highest BCUT2D eigenvalue weighted by Gasteiger charge is 2.46. The molecule has 0 fully saturated rings. The molecule has 8 aromatic carbocycles. The molecular formula is C56H39N3. The molecule has 0 atom stereocenters. The van der Waals surface area contributed by atoms with Crippen LogP contribution >= 0.6 is 0 Å². The molecule has 10 aromatic rings. The average molecular weight is 754 g/mol. The SMILES string of the molecule is CC1(C)c2ccccc2-c2cc3c4ccccc4n(-c4nccc(-c5ccc(-c6ccc7c(c6)C(c6ccccc6)(c6ccccc6)c6ccccc6-7)cc5)n4)c3cc21. The summed E-state index contributed by atoms with van der Waals surface area (Å²) in [6.07, 6.45) is 1.89. The topological polar surface area (TPSA) is 30.7 Å². The predicted molar refractivity (Wildman–Crippen MR) is 242 cm³/mol. The van der Waals surface area contributed by atoms with Gasteiger partial charge in [-0.2, -0.15) is 0 Å². The Balaban J connectivity index is 0.958. The van der Waals surface area contributed by atoms with Gasteiger partial charge >= 0.3 is 0 Å². The largest absolute Gasteiger partial charge is 0.278 e. The van der Waals surface area contributed by atoms with Crippen molar-refractivity contribution < 1.29 is 0 Å². The quantitative estimate of drug-likeness (QED) is 0.175. The number of hydrogen-bond donors (Lipinski definition) is 0. The van der Waals surface area contributed by atoms with Crippen LogP contribution in [0.3, 0.4) is 0 Å². The number of nitrogens with zero attached hydrogens (tertiary/aromatic N) is 3. The summed E-state index contributed by atoms with van der Waals surface area (Å²) in [4.78, 5) is 10.2. The molecule has 0 saturated carbocycles. The van der Waals surface area contributed by atoms with Crippen LogP contribution in [0, 0.1) is 0 Å². The van der Waals surface area contributed by atoms with Crippen LogP contribution in [0.5, 0.6) is 0 Å². The predicted octanol–water partition coefficient (Wildman–Crippen LogP) is 13.6. The standard InChI is InChI=1S/C56H39N3/c1-55(2)47-22-12-9-20-42(47)45-34-46-44-21-11-14-24-52(44)59(53(46)35-49(45)55)54-57-32-31-51(58-54)37-27-25-36(26-28-37)38-29-30-43-41-19-10-13-23-48(41)56(50(43)33-38,39-15-5-3-6-16-39)40-17-7-4-8-18-40/h3-35H,1-2H3. The molecule has 0 bridgehead atoms. The zero-order valence-electron chi connectivity index (χ0n) is 32.9. The molecule has 278 valence electrons. The van der Waals surface area contributed by atoms with Crippen molar-refractivity contribution in [1.29, 1.82) is 0 Å². The maximum Gasteiger partial charge on any atom is 0.235 e. The summed E-state index contributed by atoms with van der Waals surface area (Å²) >= 11 is 0. The van der Waals surface area contributed by atoms with Crippen LogP contribution in [-0.2, 0) is 10.8 Å². The van der Waals surface area contributed by atoms with E-state index in [4.69, 9.17) is 9.97 Å². The molecular weight excluding hydrogens is 715 g/mol. The third kappa shape index (κ3) is 4.76. The van der Waals surface area contributed by atoms with E-state index >= 15 is 0 Å². The minimum Gasteiger partial charge on any atom is -0.278 e. The lowest BCUT2D eigenvalue weighted by Gasteiger charge is -2.34. The number of rotatable bonds is 5. The first-order valence-electron chi connectivity index (χ1n) is 20.5. The Morgan fingerprint density at radius 3 is 1.75 bits per heavy atom. The summed E-state index contributed by atoms with van der Waals surface area (Å²) in [5.41, 5.74) is 19.0. The van der Waals surface area contributed by atoms with Crippen LogP contribution in [0.15, 0.2) is 200 Å². The molecule has 0 unspecified atom stereocenters. The van der Waals surface area contributed by atoms with Crippen molar-refractivity contribution in [3.63, 3.8) is 0 Å². The van der Waals surface area contributed by atoms with Gasteiger partial charge in [0.25, 0.3) is 0 Å². The van der Waals surface area contributed by atoms with E-state index in [1.54, 1.807) is 0 Å². The summed E-state index contributed by atoms with van der Waals surface area (Å²) in [6, 6.07) is 71.1. The Labute approximate surface area is 344 Å². The summed E-state index contributed by atoms with van der Waals surface area (Å²) in [5.74, 6) is 0.669. The van der Waals surface area contributed by atoms with Crippen molar-refractivity contribution in [2.45, 2.75) is 24.7 Å². The van der Waals surface area contributed by atoms with Crippen molar-refractivity contribution in [1.82, 2.24) is 14.5 Å². The van der Waals surface area contributed by atoms with Crippen molar-refractivity contribution >= 4 is 21.8 Å². The average Bonchev–Trinajstić information content (AvgIpc) is 3.87. The lowest BCUT2D eigenvalue weighted by Crippen LogP contribution is -2.28. The van der Waals surface area contributed by atoms with Crippen LogP contribution in [0.1, 0.15) is 47.2 Å². The van der Waals surface area contributed by atoms with Gasteiger partial charge in [-0.1, -0.05) is 178 Å². The molecule has 2 aromatic heterocycles. The minimum absolute atomic E-state index is 0.112. The molecule has 0 radical (unpaired) electrons. The highest BCUT2D eigenvalue weighted by molar-refractivity contribution is 6.11. The Morgan fingerprint density at radius 1 is 0.407 bits per heavy atom. The van der Waals surface area contributed by atoms with Crippen molar-refractivity contribution in [3.05, 3.63) is 234 Å². The fourth-order valence-corrected chi connectivity index (χ4v) is 10.5. The van der Waals surface area contributed by atoms with Crippen LogP contribution in [-0.4, -0.2) is 14.5 Å². The van der Waals surface area contributed by atoms with Crippen LogP contribution in [0.2, 0.25) is 0 Å². The van der Waals surface area contributed by atoms with Gasteiger partial charge in [0.15, 0.2) is 0 Å². The Bertz CT molecular complexity index is 3240. The van der Waals surface area contributed by atoms with E-state index in [2.05, 4.69) is 206 Å². The minimum atomic E-state index is -0.436. The van der Waals surface area contributed by atoms with Gasteiger partial charge in [-0.25, -0.2) is 9.97 Å². The lowest BCUT2D eigenvalue weighted by atomic mass is 9.67. The van der Waals surface area contributed by atoms with Crippen LogP contribution in [0.25, 0.3) is 72.4 Å². The zero-order chi connectivity index (χ0) is 39.3. The van der Waals surface area contributed by atoms with E-state index in [0.717, 1.165) is 27.9 Å². The molecule has 2 heterocycles. The second-order valence-electron chi connectivity index (χ2n) is 16.5. The van der Waals surface area contributed by atoms with Gasteiger partial charge in [-0.05, 0) is 97.1 Å². The van der Waals surface area contributed by atoms with Gasteiger partial charge in [0.2, 0.25) is 5.95 Å². The Hall–Kier alpha value is -7.36. The summed E-state index contributed by atoms with van der Waals surface area (Å²) < 4.78 is 2.25. The molecule has 59 heavy (non-hydrogen) atoms. The van der Waals surface area contributed by atoms with E-state index in [-0.39, 0.29) is 5.41 Å². The van der Waals surface area contributed by atoms with Crippen molar-refractivity contribution in [3.8, 4) is 50.6 Å². The molecule has 0 amide bonds. The molecule has 12 rings (SSSR count). The number of aromatic nitrogens is 3. The van der Waals surface area contributed by atoms with Gasteiger partial charge < -0.3 is 0 Å². The first-order chi connectivity index (χ1) is 29.0. The fraction of sp³-hybridized carbons (Fsp3) is 0.0714.